The van der Waals surface area contributed by atoms with Gasteiger partial charge >= 0.3 is 12.1 Å². The normalized spacial score (nSPS) is 16.1. The van der Waals surface area contributed by atoms with E-state index in [1.165, 1.54) is 19.1 Å². The second-order valence-electron chi connectivity index (χ2n) is 7.78. The van der Waals surface area contributed by atoms with Crippen molar-refractivity contribution in [3.8, 4) is 5.75 Å². The molecule has 1 unspecified atom stereocenters. The smallest absolute Gasteiger partial charge is 0.416 e. The number of halogens is 3. The molecule has 1 atom stereocenters. The fourth-order valence-electron chi connectivity index (χ4n) is 3.66. The molecule has 3 rings (SSSR count). The lowest BCUT2D eigenvalue weighted by Crippen LogP contribution is -2.39. The second kappa shape index (κ2) is 9.11. The van der Waals surface area contributed by atoms with Gasteiger partial charge in [-0.15, -0.1) is 0 Å². The Bertz CT molecular complexity index is 1000. The minimum absolute atomic E-state index is 0.151. The van der Waals surface area contributed by atoms with Crippen molar-refractivity contribution < 1.29 is 33.0 Å². The third-order valence-corrected chi connectivity index (χ3v) is 5.53. The van der Waals surface area contributed by atoms with Gasteiger partial charge in [-0.1, -0.05) is 0 Å². The number of carboxylic acids is 1. The molecule has 172 valence electrons. The number of hydrogen-bond acceptors (Lipinski definition) is 7. The van der Waals surface area contributed by atoms with Gasteiger partial charge in [0.1, 0.15) is 5.82 Å². The van der Waals surface area contributed by atoms with Crippen molar-refractivity contribution >= 4 is 17.4 Å². The molecule has 0 amide bonds. The summed E-state index contributed by atoms with van der Waals surface area (Å²) in [4.78, 5) is 33.5. The zero-order valence-corrected chi connectivity index (χ0v) is 17.3. The third-order valence-electron chi connectivity index (χ3n) is 5.53. The van der Waals surface area contributed by atoms with Gasteiger partial charge in [-0.2, -0.15) is 13.2 Å². The molecule has 11 heteroatoms. The molecule has 1 saturated heterocycles. The standard InChI is InChI=1S/C21H23F3N4O4/c1-11-18(29)17(19(30)16(25)20(31)32)27-15(26-11)10-12-6-8-28(9-7-12)14-4-2-13(3-5-14)21(22,23)24/h2-5,12,16,29H,6-10,25H2,1H3,(H,31,32). The van der Waals surface area contributed by atoms with Gasteiger partial charge in [0.05, 0.1) is 11.3 Å². The number of piperidine rings is 1. The highest BCUT2D eigenvalue weighted by Gasteiger charge is 2.31. The number of anilines is 1. The van der Waals surface area contributed by atoms with E-state index in [-0.39, 0.29) is 11.6 Å². The molecule has 1 aromatic heterocycles. The Balaban J connectivity index is 1.66. The Hall–Kier alpha value is -3.21. The number of nitrogens with zero attached hydrogens (tertiary/aromatic N) is 3. The zero-order valence-electron chi connectivity index (χ0n) is 17.3. The summed E-state index contributed by atoms with van der Waals surface area (Å²) in [5.41, 5.74) is 5.12. The van der Waals surface area contributed by atoms with E-state index in [1.54, 1.807) is 0 Å². The van der Waals surface area contributed by atoms with Crippen LogP contribution in [0.15, 0.2) is 24.3 Å². The highest BCUT2D eigenvalue weighted by atomic mass is 19.4. The van der Waals surface area contributed by atoms with Crippen LogP contribution in [0.5, 0.6) is 5.75 Å². The van der Waals surface area contributed by atoms with Gasteiger partial charge in [-0.25, -0.2) is 9.97 Å². The van der Waals surface area contributed by atoms with Crippen LogP contribution in [0.2, 0.25) is 0 Å². The van der Waals surface area contributed by atoms with Crippen LogP contribution in [0.4, 0.5) is 18.9 Å². The van der Waals surface area contributed by atoms with Crippen LogP contribution < -0.4 is 10.6 Å². The summed E-state index contributed by atoms with van der Waals surface area (Å²) in [6.07, 6.45) is -2.52. The Kier molecular flexibility index (Phi) is 6.68. The molecule has 0 spiro atoms. The average molecular weight is 452 g/mol. The number of aliphatic carboxylic acids is 1. The van der Waals surface area contributed by atoms with Gasteiger partial charge in [-0.3, -0.25) is 9.59 Å². The number of aromatic hydroxyl groups is 1. The third kappa shape index (κ3) is 5.16. The number of ketones is 1. The van der Waals surface area contributed by atoms with Crippen LogP contribution in [-0.2, 0) is 17.4 Å². The number of hydrogen-bond donors (Lipinski definition) is 3. The quantitative estimate of drug-likeness (QED) is 0.450. The van der Waals surface area contributed by atoms with Crippen LogP contribution >= 0.6 is 0 Å². The monoisotopic (exact) mass is 452 g/mol. The lowest BCUT2D eigenvalue weighted by atomic mass is 9.92. The molecule has 1 fully saturated rings. The van der Waals surface area contributed by atoms with Crippen molar-refractivity contribution in [2.45, 2.75) is 38.4 Å². The highest BCUT2D eigenvalue weighted by Crippen LogP contribution is 2.32. The van der Waals surface area contributed by atoms with E-state index in [2.05, 4.69) is 9.97 Å². The summed E-state index contributed by atoms with van der Waals surface area (Å²) in [6, 6.07) is 3.21. The maximum Gasteiger partial charge on any atom is 0.416 e. The minimum Gasteiger partial charge on any atom is -0.504 e. The molecule has 1 aliphatic heterocycles. The fourth-order valence-corrected chi connectivity index (χ4v) is 3.66. The summed E-state index contributed by atoms with van der Waals surface area (Å²) in [5, 5.41) is 19.0. The Morgan fingerprint density at radius 2 is 1.78 bits per heavy atom. The lowest BCUT2D eigenvalue weighted by Gasteiger charge is -2.33. The van der Waals surface area contributed by atoms with Gasteiger partial charge in [0, 0.05) is 25.2 Å². The van der Waals surface area contributed by atoms with Crippen LogP contribution in [-0.4, -0.2) is 51.1 Å². The number of benzene rings is 1. The lowest BCUT2D eigenvalue weighted by molar-refractivity contribution is -0.138. The molecule has 1 aliphatic rings. The van der Waals surface area contributed by atoms with E-state index in [0.717, 1.165) is 25.0 Å². The first kappa shape index (κ1) is 23.5. The number of Topliss-reactive ketones (excluding diaryl/α,β-unsaturated/α-hetero) is 1. The SMILES string of the molecule is Cc1nc(CC2CCN(c3ccc(C(F)(F)F)cc3)CC2)nc(C(=O)C(N)C(=O)O)c1O. The number of carboxylic acid groups (broad SMARTS) is 1. The van der Waals surface area contributed by atoms with E-state index in [4.69, 9.17) is 10.8 Å². The first-order chi connectivity index (χ1) is 15.0. The first-order valence-corrected chi connectivity index (χ1v) is 9.98. The maximum absolute atomic E-state index is 12.7. The Morgan fingerprint density at radius 3 is 2.31 bits per heavy atom. The summed E-state index contributed by atoms with van der Waals surface area (Å²) in [7, 11) is 0. The van der Waals surface area contributed by atoms with Crippen molar-refractivity contribution in [2.24, 2.45) is 11.7 Å². The molecule has 2 aromatic rings. The van der Waals surface area contributed by atoms with Crippen molar-refractivity contribution in [2.75, 3.05) is 18.0 Å². The van der Waals surface area contributed by atoms with E-state index < -0.39 is 41.0 Å². The maximum atomic E-state index is 12.7. The first-order valence-electron chi connectivity index (χ1n) is 9.98. The predicted molar refractivity (Wildman–Crippen MR) is 108 cm³/mol. The molecule has 0 saturated carbocycles. The highest BCUT2D eigenvalue weighted by molar-refractivity contribution is 6.11. The molecular weight excluding hydrogens is 429 g/mol. The van der Waals surface area contributed by atoms with Crippen molar-refractivity contribution in [1.82, 2.24) is 9.97 Å². The number of aryl methyl sites for hydroxylation is 1. The van der Waals surface area contributed by atoms with E-state index >= 15 is 0 Å². The zero-order chi connectivity index (χ0) is 23.6. The molecule has 8 nitrogen and oxygen atoms in total. The number of alkyl halides is 3. The largest absolute Gasteiger partial charge is 0.504 e. The Morgan fingerprint density at radius 1 is 1.19 bits per heavy atom. The molecule has 32 heavy (non-hydrogen) atoms. The molecule has 2 heterocycles. The molecule has 0 aliphatic carbocycles. The van der Waals surface area contributed by atoms with Gasteiger partial charge in [0.2, 0.25) is 5.78 Å². The van der Waals surface area contributed by atoms with E-state index in [9.17, 15) is 27.9 Å². The summed E-state index contributed by atoms with van der Waals surface area (Å²) in [6.45, 7) is 2.74. The number of aromatic nitrogens is 2. The number of rotatable bonds is 6. The molecule has 4 N–H and O–H groups in total. The van der Waals surface area contributed by atoms with Gasteiger partial charge < -0.3 is 20.8 Å². The van der Waals surface area contributed by atoms with Crippen LogP contribution in [0, 0.1) is 12.8 Å². The molecular formula is C21H23F3N4O4. The van der Waals surface area contributed by atoms with E-state index in [1.807, 2.05) is 4.90 Å². The minimum atomic E-state index is -4.37. The van der Waals surface area contributed by atoms with Crippen LogP contribution in [0.3, 0.4) is 0 Å². The predicted octanol–water partition coefficient (Wildman–Crippen LogP) is 2.56. The van der Waals surface area contributed by atoms with E-state index in [0.29, 0.717) is 31.0 Å². The molecule has 1 aromatic carbocycles. The average Bonchev–Trinajstić information content (AvgIpc) is 2.75. The van der Waals surface area contributed by atoms with Gasteiger partial charge in [0.15, 0.2) is 17.5 Å². The van der Waals surface area contributed by atoms with Crippen molar-refractivity contribution in [1.29, 1.82) is 0 Å². The Labute approximate surface area is 181 Å². The second-order valence-corrected chi connectivity index (χ2v) is 7.78. The van der Waals surface area contributed by atoms with Crippen LogP contribution in [0.1, 0.15) is 40.4 Å². The molecule has 0 bridgehead atoms. The van der Waals surface area contributed by atoms with Crippen molar-refractivity contribution in [3.05, 3.63) is 47.0 Å². The molecule has 0 radical (unpaired) electrons. The van der Waals surface area contributed by atoms with Crippen LogP contribution in [0.25, 0.3) is 0 Å². The number of carbonyl (C=O) groups is 2. The topological polar surface area (TPSA) is 130 Å². The summed E-state index contributed by atoms with van der Waals surface area (Å²) in [5.74, 6) is -2.57. The van der Waals surface area contributed by atoms with Crippen molar-refractivity contribution in [3.63, 3.8) is 0 Å². The van der Waals surface area contributed by atoms with Gasteiger partial charge in [-0.05, 0) is 49.9 Å². The summed E-state index contributed by atoms with van der Waals surface area (Å²) < 4.78 is 38.2. The van der Waals surface area contributed by atoms with Gasteiger partial charge in [0.25, 0.3) is 0 Å². The summed E-state index contributed by atoms with van der Waals surface area (Å²) >= 11 is 0. The number of nitrogens with two attached hydrogens (primary N) is 1. The number of carbonyl (C=O) groups excluding carboxylic acids is 1. The fraction of sp³-hybridized carbons (Fsp3) is 0.429.